The molecule has 4 atom stereocenters. The molecule has 2 fully saturated rings. The molecule has 0 aliphatic carbocycles. The van der Waals surface area contributed by atoms with Crippen LogP contribution in [0.4, 0.5) is 0 Å². The molecule has 2 saturated heterocycles. The number of amides is 4. The molecule has 0 saturated carbocycles. The van der Waals surface area contributed by atoms with E-state index in [1.807, 2.05) is 71.6 Å². The number of fused-ring (bicyclic) bond motifs is 2. The third kappa shape index (κ3) is 8.87. The highest BCUT2D eigenvalue weighted by Crippen LogP contribution is 2.35. The molecule has 3 aliphatic rings. The maximum atomic E-state index is 14.6. The van der Waals surface area contributed by atoms with Gasteiger partial charge in [0.15, 0.2) is 0 Å². The van der Waals surface area contributed by atoms with Gasteiger partial charge in [0.1, 0.15) is 29.7 Å². The summed E-state index contributed by atoms with van der Waals surface area (Å²) in [6, 6.07) is 15.4. The number of piperidine rings is 1. The summed E-state index contributed by atoms with van der Waals surface area (Å²) in [6.45, 7) is 1.57. The monoisotopic (exact) mass is 695 g/mol. The smallest absolute Gasteiger partial charge is 0.243 e. The number of nitrogens with one attached hydrogen (secondary N) is 1. The average molecular weight is 696 g/mol. The number of primary amides is 1. The third-order valence-electron chi connectivity index (χ3n) is 10.3. The number of likely N-dealkylation sites (tertiary alicyclic amines) is 1. The van der Waals surface area contributed by atoms with Crippen molar-refractivity contribution in [3.05, 3.63) is 66.7 Å². The summed E-state index contributed by atoms with van der Waals surface area (Å²) in [4.78, 5) is 62.8. The Morgan fingerprint density at radius 3 is 2.51 bits per heavy atom. The molecule has 4 heterocycles. The van der Waals surface area contributed by atoms with Crippen LogP contribution in [0.25, 0.3) is 22.2 Å². The van der Waals surface area contributed by atoms with Crippen LogP contribution in [0, 0.1) is 5.92 Å². The van der Waals surface area contributed by atoms with E-state index in [4.69, 9.17) is 20.2 Å². The molecule has 0 radical (unpaired) electrons. The van der Waals surface area contributed by atoms with E-state index in [1.165, 1.54) is 0 Å². The molecular formula is C40H49N5O6. The summed E-state index contributed by atoms with van der Waals surface area (Å²) < 4.78 is 12.2. The summed E-state index contributed by atoms with van der Waals surface area (Å²) in [5, 5.41) is 3.59. The second-order valence-electron chi connectivity index (χ2n) is 13.9. The van der Waals surface area contributed by atoms with E-state index in [1.54, 1.807) is 12.0 Å². The highest BCUT2D eigenvalue weighted by atomic mass is 16.5. The molecule has 6 rings (SSSR count). The number of rotatable bonds is 7. The van der Waals surface area contributed by atoms with Crippen molar-refractivity contribution in [2.24, 2.45) is 11.7 Å². The number of pyridine rings is 1. The van der Waals surface area contributed by atoms with Crippen LogP contribution < -0.4 is 20.5 Å². The molecule has 11 nitrogen and oxygen atoms in total. The Morgan fingerprint density at radius 1 is 0.961 bits per heavy atom. The Labute approximate surface area is 299 Å². The predicted molar refractivity (Wildman–Crippen MR) is 195 cm³/mol. The molecule has 3 aromatic rings. The van der Waals surface area contributed by atoms with Crippen LogP contribution in [0.5, 0.6) is 11.5 Å². The molecule has 4 amide bonds. The maximum Gasteiger partial charge on any atom is 0.243 e. The average Bonchev–Trinajstić information content (AvgIpc) is 3.58. The van der Waals surface area contributed by atoms with Crippen molar-refractivity contribution in [2.75, 3.05) is 26.7 Å². The maximum absolute atomic E-state index is 14.6. The highest BCUT2D eigenvalue weighted by molar-refractivity contribution is 5.94. The van der Waals surface area contributed by atoms with Crippen LogP contribution in [-0.2, 0) is 19.2 Å². The lowest BCUT2D eigenvalue weighted by atomic mass is 9.94. The van der Waals surface area contributed by atoms with Gasteiger partial charge in [0.25, 0.3) is 0 Å². The number of nitrogens with two attached hydrogens (primary N) is 1. The van der Waals surface area contributed by atoms with Gasteiger partial charge in [-0.05, 0) is 57.1 Å². The minimum absolute atomic E-state index is 0.0113. The Hall–Kier alpha value is -4.93. The molecule has 11 heteroatoms. The summed E-state index contributed by atoms with van der Waals surface area (Å²) in [5.41, 5.74) is 8.02. The fraction of sp³-hybridized carbons (Fsp3) is 0.475. The minimum atomic E-state index is -0.917. The molecule has 3 N–H and O–H groups in total. The van der Waals surface area contributed by atoms with Gasteiger partial charge in [0.2, 0.25) is 23.6 Å². The molecule has 0 spiro atoms. The van der Waals surface area contributed by atoms with E-state index in [2.05, 4.69) is 5.32 Å². The van der Waals surface area contributed by atoms with Gasteiger partial charge in [-0.3, -0.25) is 19.2 Å². The zero-order chi connectivity index (χ0) is 35.7. The lowest BCUT2D eigenvalue weighted by molar-refractivity contribution is -0.145. The number of ether oxygens (including phenoxy) is 2. The van der Waals surface area contributed by atoms with Crippen molar-refractivity contribution in [2.45, 2.75) is 88.8 Å². The van der Waals surface area contributed by atoms with Crippen LogP contribution in [0.3, 0.4) is 0 Å². The van der Waals surface area contributed by atoms with E-state index >= 15 is 0 Å². The number of hydrogen-bond donors (Lipinski definition) is 2. The molecule has 3 aliphatic heterocycles. The summed E-state index contributed by atoms with van der Waals surface area (Å²) in [5.74, 6) is -0.689. The third-order valence-corrected chi connectivity index (χ3v) is 10.3. The van der Waals surface area contributed by atoms with E-state index in [-0.39, 0.29) is 37.6 Å². The lowest BCUT2D eigenvalue weighted by Gasteiger charge is -2.31. The first-order valence-electron chi connectivity index (χ1n) is 18.3. The van der Waals surface area contributed by atoms with Gasteiger partial charge < -0.3 is 30.3 Å². The van der Waals surface area contributed by atoms with Crippen LogP contribution in [0.15, 0.2) is 66.7 Å². The quantitative estimate of drug-likeness (QED) is 0.325. The zero-order valence-electron chi connectivity index (χ0n) is 29.4. The summed E-state index contributed by atoms with van der Waals surface area (Å²) in [7, 11) is 1.60. The minimum Gasteiger partial charge on any atom is -0.497 e. The molecule has 270 valence electrons. The number of carbonyl (C=O) groups is 4. The number of nitrogens with zero attached hydrogens (tertiary/aromatic N) is 3. The van der Waals surface area contributed by atoms with Gasteiger partial charge in [0, 0.05) is 54.9 Å². The van der Waals surface area contributed by atoms with E-state index in [0.717, 1.165) is 55.9 Å². The van der Waals surface area contributed by atoms with Crippen LogP contribution >= 0.6 is 0 Å². The highest BCUT2D eigenvalue weighted by Gasteiger charge is 2.44. The SMILES string of the molecule is COc1ccc2c(O[C@@H]3C[C@H]4C(=O)N[C@@H](C(N)=O)C/C=C\CCCCC[C@H](CC(=O)N5CCCCC5)C(=O)N4C3)cc(-c3ccccc3)nc2c1. The van der Waals surface area contributed by atoms with Crippen LogP contribution in [-0.4, -0.2) is 83.3 Å². The fourth-order valence-electron chi connectivity index (χ4n) is 7.44. The Bertz CT molecular complexity index is 1740. The number of carbonyl (C=O) groups excluding carboxylic acids is 4. The van der Waals surface area contributed by atoms with Crippen molar-refractivity contribution < 1.29 is 28.7 Å². The van der Waals surface area contributed by atoms with Gasteiger partial charge in [-0.15, -0.1) is 0 Å². The number of methoxy groups -OCH3 is 1. The van der Waals surface area contributed by atoms with Crippen molar-refractivity contribution in [1.82, 2.24) is 20.1 Å². The van der Waals surface area contributed by atoms with Crippen molar-refractivity contribution in [3.63, 3.8) is 0 Å². The van der Waals surface area contributed by atoms with Gasteiger partial charge in [-0.2, -0.15) is 0 Å². The first-order chi connectivity index (χ1) is 24.8. The Kier molecular flexibility index (Phi) is 11.9. The predicted octanol–water partition coefficient (Wildman–Crippen LogP) is 5.16. The summed E-state index contributed by atoms with van der Waals surface area (Å²) >= 11 is 0. The van der Waals surface area contributed by atoms with Crippen molar-refractivity contribution in [3.8, 4) is 22.8 Å². The van der Waals surface area contributed by atoms with E-state index in [0.29, 0.717) is 42.2 Å². The molecule has 0 unspecified atom stereocenters. The number of aromatic nitrogens is 1. The van der Waals surface area contributed by atoms with Crippen LogP contribution in [0.2, 0.25) is 0 Å². The zero-order valence-corrected chi connectivity index (χ0v) is 29.4. The fourth-order valence-corrected chi connectivity index (χ4v) is 7.44. The largest absolute Gasteiger partial charge is 0.497 e. The molecule has 0 bridgehead atoms. The normalized spacial score (nSPS) is 24.2. The lowest BCUT2D eigenvalue weighted by Crippen LogP contribution is -2.53. The Morgan fingerprint density at radius 2 is 1.75 bits per heavy atom. The van der Waals surface area contributed by atoms with Crippen molar-refractivity contribution in [1.29, 1.82) is 0 Å². The van der Waals surface area contributed by atoms with Gasteiger partial charge in [-0.1, -0.05) is 55.3 Å². The topological polar surface area (TPSA) is 144 Å². The molecule has 2 aromatic carbocycles. The van der Waals surface area contributed by atoms with Crippen molar-refractivity contribution >= 4 is 34.5 Å². The van der Waals surface area contributed by atoms with Crippen LogP contribution in [0.1, 0.15) is 70.6 Å². The first kappa shape index (κ1) is 35.9. The standard InChI is InChI=1S/C40H49N5O6/c1-50-29-18-19-31-34(23-29)42-33(27-14-9-6-10-15-27)25-36(31)51-30-24-35-39(48)43-32(38(41)47)17-11-5-3-2-4-8-16-28(40(49)45(35)26-30)22-37(46)44-20-12-7-13-21-44/h5-6,9-11,14-15,18-19,23,25,28,30,32,35H,2-4,7-8,12-13,16-17,20-22,24,26H2,1H3,(H2,41,47)(H,43,48)/b11-5-/t28-,30-,32-,35+/m1/s1. The second-order valence-corrected chi connectivity index (χ2v) is 13.9. The van der Waals surface area contributed by atoms with E-state index in [9.17, 15) is 19.2 Å². The Balaban J connectivity index is 1.32. The molecule has 1 aromatic heterocycles. The second kappa shape index (κ2) is 16.9. The van der Waals surface area contributed by atoms with Gasteiger partial charge >= 0.3 is 0 Å². The van der Waals surface area contributed by atoms with Gasteiger partial charge in [-0.25, -0.2) is 4.98 Å². The summed E-state index contributed by atoms with van der Waals surface area (Å²) in [6.07, 6.45) is 10.9. The molecular weight excluding hydrogens is 646 g/mol. The van der Waals surface area contributed by atoms with E-state index < -0.39 is 35.9 Å². The van der Waals surface area contributed by atoms with Gasteiger partial charge in [0.05, 0.1) is 24.9 Å². The number of allylic oxidation sites excluding steroid dienone is 1. The molecule has 51 heavy (non-hydrogen) atoms. The first-order valence-corrected chi connectivity index (χ1v) is 18.3. The number of benzene rings is 2. The number of hydrogen-bond acceptors (Lipinski definition) is 7.